The van der Waals surface area contributed by atoms with Crippen molar-refractivity contribution in [3.63, 3.8) is 0 Å². The number of nitrogens with zero attached hydrogens (tertiary/aromatic N) is 1. The van der Waals surface area contributed by atoms with Gasteiger partial charge in [0.2, 0.25) is 5.91 Å². The fraction of sp³-hybridized carbons (Fsp3) is 0.562. The summed E-state index contributed by atoms with van der Waals surface area (Å²) in [7, 11) is 0. The second kappa shape index (κ2) is 6.09. The van der Waals surface area contributed by atoms with E-state index in [1.165, 1.54) is 18.4 Å². The molecule has 1 aromatic rings. The molecule has 1 heterocycles. The van der Waals surface area contributed by atoms with Crippen molar-refractivity contribution in [2.75, 3.05) is 10.6 Å². The van der Waals surface area contributed by atoms with E-state index in [9.17, 15) is 4.79 Å². The molecule has 0 aromatic heterocycles. The zero-order chi connectivity index (χ0) is 13.8. The van der Waals surface area contributed by atoms with Gasteiger partial charge in [0.05, 0.1) is 0 Å². The summed E-state index contributed by atoms with van der Waals surface area (Å²) in [6, 6.07) is 6.12. The second-order valence-electron chi connectivity index (χ2n) is 5.52. The number of nitrogens with two attached hydrogens (primary N) is 1. The summed E-state index contributed by atoms with van der Waals surface area (Å²) >= 11 is 0. The Kier molecular flexibility index (Phi) is 4.46. The maximum Gasteiger partial charge on any atom is 0.227 e. The number of anilines is 2. The molecule has 0 saturated heterocycles. The van der Waals surface area contributed by atoms with E-state index in [1.807, 2.05) is 23.1 Å². The van der Waals surface area contributed by atoms with Gasteiger partial charge in [-0.25, -0.2) is 0 Å². The molecule has 0 aliphatic carbocycles. The third-order valence-corrected chi connectivity index (χ3v) is 3.83. The van der Waals surface area contributed by atoms with Crippen molar-refractivity contribution in [2.24, 2.45) is 0 Å². The molecule has 1 aliphatic rings. The first kappa shape index (κ1) is 13.9. The van der Waals surface area contributed by atoms with Crippen molar-refractivity contribution in [3.8, 4) is 0 Å². The van der Waals surface area contributed by atoms with Crippen LogP contribution in [0.5, 0.6) is 0 Å². The van der Waals surface area contributed by atoms with Crippen LogP contribution in [0.3, 0.4) is 0 Å². The molecule has 3 heteroatoms. The second-order valence-corrected chi connectivity index (χ2v) is 5.52. The Morgan fingerprint density at radius 2 is 2.16 bits per heavy atom. The van der Waals surface area contributed by atoms with E-state index in [0.717, 1.165) is 30.6 Å². The Hall–Kier alpha value is -1.51. The number of fused-ring (bicyclic) bond motifs is 1. The molecule has 0 fully saturated rings. The summed E-state index contributed by atoms with van der Waals surface area (Å²) in [4.78, 5) is 14.3. The maximum atomic E-state index is 12.4. The predicted molar refractivity (Wildman–Crippen MR) is 80.3 cm³/mol. The Morgan fingerprint density at radius 1 is 1.37 bits per heavy atom. The van der Waals surface area contributed by atoms with Gasteiger partial charge in [-0.3, -0.25) is 4.79 Å². The molecule has 1 aromatic carbocycles. The SMILES string of the molecule is CCCCCCC(=O)N1c2ccc(N)cc2CC1C. The van der Waals surface area contributed by atoms with E-state index in [4.69, 9.17) is 5.73 Å². The van der Waals surface area contributed by atoms with Crippen molar-refractivity contribution < 1.29 is 4.79 Å². The number of carbonyl (C=O) groups excluding carboxylic acids is 1. The number of unbranched alkanes of at least 4 members (excludes halogenated alkanes) is 3. The van der Waals surface area contributed by atoms with Gasteiger partial charge >= 0.3 is 0 Å². The monoisotopic (exact) mass is 260 g/mol. The van der Waals surface area contributed by atoms with Crippen LogP contribution in [0.15, 0.2) is 18.2 Å². The highest BCUT2D eigenvalue weighted by molar-refractivity contribution is 5.96. The highest BCUT2D eigenvalue weighted by Crippen LogP contribution is 2.34. The van der Waals surface area contributed by atoms with E-state index in [0.29, 0.717) is 6.42 Å². The molecule has 104 valence electrons. The maximum absolute atomic E-state index is 12.4. The standard InChI is InChI=1S/C16H24N2O/c1-3-4-5-6-7-16(19)18-12(2)10-13-11-14(17)8-9-15(13)18/h8-9,11-12H,3-7,10,17H2,1-2H3. The van der Waals surface area contributed by atoms with Crippen LogP contribution in [0, 0.1) is 0 Å². The van der Waals surface area contributed by atoms with Gasteiger partial charge in [0.1, 0.15) is 0 Å². The fourth-order valence-corrected chi connectivity index (χ4v) is 2.85. The lowest BCUT2D eigenvalue weighted by molar-refractivity contribution is -0.119. The molecule has 0 bridgehead atoms. The topological polar surface area (TPSA) is 46.3 Å². The third kappa shape index (κ3) is 3.09. The summed E-state index contributed by atoms with van der Waals surface area (Å²) in [5, 5.41) is 0. The van der Waals surface area contributed by atoms with Crippen LogP contribution in [-0.2, 0) is 11.2 Å². The number of carbonyl (C=O) groups is 1. The minimum atomic E-state index is 0.257. The Bertz CT molecular complexity index is 456. The average molecular weight is 260 g/mol. The highest BCUT2D eigenvalue weighted by atomic mass is 16.2. The van der Waals surface area contributed by atoms with Crippen LogP contribution in [0.25, 0.3) is 0 Å². The van der Waals surface area contributed by atoms with Gasteiger partial charge in [0.25, 0.3) is 0 Å². The zero-order valence-electron chi connectivity index (χ0n) is 12.0. The molecule has 19 heavy (non-hydrogen) atoms. The summed E-state index contributed by atoms with van der Waals surface area (Å²) in [5.41, 5.74) is 8.85. The molecule has 0 saturated carbocycles. The van der Waals surface area contributed by atoms with Gasteiger partial charge in [-0.15, -0.1) is 0 Å². The van der Waals surface area contributed by atoms with Crippen LogP contribution in [0.4, 0.5) is 11.4 Å². The Morgan fingerprint density at radius 3 is 2.89 bits per heavy atom. The van der Waals surface area contributed by atoms with Gasteiger partial charge in [-0.2, -0.15) is 0 Å². The molecule has 3 nitrogen and oxygen atoms in total. The number of benzene rings is 1. The van der Waals surface area contributed by atoms with Crippen molar-refractivity contribution in [2.45, 2.75) is 58.4 Å². The van der Waals surface area contributed by atoms with E-state index in [1.54, 1.807) is 0 Å². The van der Waals surface area contributed by atoms with Crippen LogP contribution in [0.1, 0.15) is 51.5 Å². The molecule has 0 radical (unpaired) electrons. The molecule has 0 spiro atoms. The molecule has 1 unspecified atom stereocenters. The van der Waals surface area contributed by atoms with E-state index >= 15 is 0 Å². The first-order chi connectivity index (χ1) is 9.13. The van der Waals surface area contributed by atoms with Crippen LogP contribution in [-0.4, -0.2) is 11.9 Å². The Labute approximate surface area is 115 Å². The van der Waals surface area contributed by atoms with Crippen molar-refractivity contribution >= 4 is 17.3 Å². The smallest absolute Gasteiger partial charge is 0.227 e. The summed E-state index contributed by atoms with van der Waals surface area (Å²) in [6.45, 7) is 4.30. The lowest BCUT2D eigenvalue weighted by atomic mass is 10.1. The number of hydrogen-bond donors (Lipinski definition) is 1. The lowest BCUT2D eigenvalue weighted by Gasteiger charge is -2.22. The van der Waals surface area contributed by atoms with Gasteiger partial charge < -0.3 is 10.6 Å². The quantitative estimate of drug-likeness (QED) is 0.650. The third-order valence-electron chi connectivity index (χ3n) is 3.83. The largest absolute Gasteiger partial charge is 0.399 e. The van der Waals surface area contributed by atoms with Crippen molar-refractivity contribution in [1.29, 1.82) is 0 Å². The summed E-state index contributed by atoms with van der Waals surface area (Å²) in [6.07, 6.45) is 6.15. The Balaban J connectivity index is 2.02. The highest BCUT2D eigenvalue weighted by Gasteiger charge is 2.30. The predicted octanol–water partition coefficient (Wildman–Crippen LogP) is 3.52. The van der Waals surface area contributed by atoms with Crippen LogP contribution in [0.2, 0.25) is 0 Å². The first-order valence-corrected chi connectivity index (χ1v) is 7.34. The summed E-state index contributed by atoms with van der Waals surface area (Å²) in [5.74, 6) is 0.257. The molecule has 1 aliphatic heterocycles. The van der Waals surface area contributed by atoms with E-state index in [-0.39, 0.29) is 11.9 Å². The minimum Gasteiger partial charge on any atom is -0.399 e. The molecule has 2 rings (SSSR count). The zero-order valence-corrected chi connectivity index (χ0v) is 12.0. The molecule has 2 N–H and O–H groups in total. The van der Waals surface area contributed by atoms with E-state index in [2.05, 4.69) is 13.8 Å². The van der Waals surface area contributed by atoms with Gasteiger partial charge in [0, 0.05) is 23.8 Å². The number of amides is 1. The lowest BCUT2D eigenvalue weighted by Crippen LogP contribution is -2.35. The normalized spacial score (nSPS) is 17.6. The molecule has 1 amide bonds. The van der Waals surface area contributed by atoms with Gasteiger partial charge in [-0.05, 0) is 43.5 Å². The average Bonchev–Trinajstić information content (AvgIpc) is 2.69. The van der Waals surface area contributed by atoms with Gasteiger partial charge in [0.15, 0.2) is 0 Å². The molecular weight excluding hydrogens is 236 g/mol. The summed E-state index contributed by atoms with van der Waals surface area (Å²) < 4.78 is 0. The molecule has 1 atom stereocenters. The first-order valence-electron chi connectivity index (χ1n) is 7.34. The van der Waals surface area contributed by atoms with Gasteiger partial charge in [-0.1, -0.05) is 26.2 Å². The number of nitrogen functional groups attached to an aromatic ring is 1. The van der Waals surface area contributed by atoms with Crippen LogP contribution < -0.4 is 10.6 Å². The fourth-order valence-electron chi connectivity index (χ4n) is 2.85. The minimum absolute atomic E-state index is 0.257. The number of hydrogen-bond acceptors (Lipinski definition) is 2. The van der Waals surface area contributed by atoms with Crippen molar-refractivity contribution in [1.82, 2.24) is 0 Å². The number of rotatable bonds is 5. The van der Waals surface area contributed by atoms with Crippen LogP contribution >= 0.6 is 0 Å². The van der Waals surface area contributed by atoms with E-state index < -0.39 is 0 Å². The molecular formula is C16H24N2O. The van der Waals surface area contributed by atoms with Crippen molar-refractivity contribution in [3.05, 3.63) is 23.8 Å².